The molecule has 0 aliphatic rings. The van der Waals surface area contributed by atoms with E-state index in [1.54, 1.807) is 6.33 Å². The third-order valence-electron chi connectivity index (χ3n) is 0.472. The number of H-pyrrole nitrogens is 1. The van der Waals surface area contributed by atoms with Crippen LogP contribution in [0.5, 0.6) is 0 Å². The van der Waals surface area contributed by atoms with Crippen molar-refractivity contribution in [1.82, 2.24) is 10.2 Å². The Labute approximate surface area is 34.6 Å². The summed E-state index contributed by atoms with van der Waals surface area (Å²) in [6.07, 6.45) is 3.01. The Balaban J connectivity index is 3.05. The van der Waals surface area contributed by atoms with Crippen molar-refractivity contribution in [2.45, 2.75) is 0 Å². The van der Waals surface area contributed by atoms with Crippen LogP contribution in [0.4, 0.5) is 0 Å². The van der Waals surface area contributed by atoms with Crippen LogP contribution < -0.4 is 10.5 Å². The molecular formula is C2H5N4+. The summed E-state index contributed by atoms with van der Waals surface area (Å²) in [6, 6.07) is 0. The first-order valence-corrected chi connectivity index (χ1v) is 1.55. The third-order valence-corrected chi connectivity index (χ3v) is 0.472. The largest absolute Gasteiger partial charge is 0.289 e. The summed E-state index contributed by atoms with van der Waals surface area (Å²) in [6.45, 7) is 0. The minimum Gasteiger partial charge on any atom is -0.289 e. The van der Waals surface area contributed by atoms with Crippen LogP contribution in [0.15, 0.2) is 12.7 Å². The van der Waals surface area contributed by atoms with E-state index in [1.807, 2.05) is 0 Å². The van der Waals surface area contributed by atoms with Crippen LogP contribution in [0.25, 0.3) is 0 Å². The molecule has 6 heavy (non-hydrogen) atoms. The first kappa shape index (κ1) is 3.14. The minimum absolute atomic E-state index is 1.33. The molecule has 0 saturated carbocycles. The molecule has 32 valence electrons. The predicted molar refractivity (Wildman–Crippen MR) is 18.9 cm³/mol. The molecule has 1 heterocycles. The van der Waals surface area contributed by atoms with Crippen LogP contribution in [-0.4, -0.2) is 10.2 Å². The number of nitrogens with two attached hydrogens (primary N) is 1. The highest BCUT2D eigenvalue weighted by atomic mass is 15.4. The molecule has 1 aromatic rings. The second-order valence-electron chi connectivity index (χ2n) is 0.950. The maximum atomic E-state index is 5.10. The molecule has 1 rings (SSSR count). The predicted octanol–water partition coefficient (Wildman–Crippen LogP) is -1.59. The fraction of sp³-hybridized carbons (Fsp3) is 0. The highest BCUT2D eigenvalue weighted by Gasteiger charge is 1.81. The number of rotatable bonds is 0. The zero-order chi connectivity index (χ0) is 4.41. The molecule has 0 spiro atoms. The number of hydrogen-bond donors (Lipinski definition) is 2. The molecule has 3 N–H and O–H groups in total. The van der Waals surface area contributed by atoms with E-state index in [2.05, 4.69) is 10.2 Å². The molecule has 1 aromatic heterocycles. The van der Waals surface area contributed by atoms with Gasteiger partial charge in [0, 0.05) is 5.10 Å². The van der Waals surface area contributed by atoms with Crippen molar-refractivity contribution in [3.8, 4) is 0 Å². The van der Waals surface area contributed by atoms with Crippen LogP contribution in [-0.2, 0) is 0 Å². The summed E-state index contributed by atoms with van der Waals surface area (Å²) >= 11 is 0. The van der Waals surface area contributed by atoms with Gasteiger partial charge in [-0.3, -0.25) is 5.84 Å². The van der Waals surface area contributed by atoms with Gasteiger partial charge in [-0.15, -0.1) is 9.77 Å². The molecule has 0 aliphatic heterocycles. The average Bonchev–Trinajstić information content (AvgIpc) is 1.86. The second-order valence-corrected chi connectivity index (χ2v) is 0.950. The number of nitrogens with zero attached hydrogens (tertiary/aromatic N) is 2. The lowest BCUT2D eigenvalue weighted by atomic mass is 11.3. The Kier molecular flexibility index (Phi) is 0.506. The van der Waals surface area contributed by atoms with Gasteiger partial charge >= 0.3 is 0 Å². The van der Waals surface area contributed by atoms with Crippen LogP contribution in [0.2, 0.25) is 0 Å². The Morgan fingerprint density at radius 3 is 2.83 bits per heavy atom. The highest BCUT2D eigenvalue weighted by Crippen LogP contribution is 1.46. The smallest absolute Gasteiger partial charge is 0.286 e. The lowest BCUT2D eigenvalue weighted by molar-refractivity contribution is -0.638. The van der Waals surface area contributed by atoms with Gasteiger partial charge in [-0.25, -0.2) is 0 Å². The zero-order valence-electron chi connectivity index (χ0n) is 3.13. The molecule has 0 unspecified atom stereocenters. The molecule has 0 bridgehead atoms. The van der Waals surface area contributed by atoms with Gasteiger partial charge in [0.25, 0.3) is 6.33 Å². The highest BCUT2D eigenvalue weighted by molar-refractivity contribution is 4.26. The van der Waals surface area contributed by atoms with Crippen LogP contribution in [0, 0.1) is 0 Å². The maximum Gasteiger partial charge on any atom is 0.286 e. The molecule has 4 heteroatoms. The number of aromatic nitrogens is 3. The summed E-state index contributed by atoms with van der Waals surface area (Å²) < 4.78 is 1.33. The summed E-state index contributed by atoms with van der Waals surface area (Å²) in [4.78, 5) is 0. The molecule has 0 radical (unpaired) electrons. The third kappa shape index (κ3) is 0.314. The van der Waals surface area contributed by atoms with Crippen LogP contribution in [0.3, 0.4) is 0 Å². The first-order valence-electron chi connectivity index (χ1n) is 1.55. The van der Waals surface area contributed by atoms with Crippen LogP contribution >= 0.6 is 0 Å². The van der Waals surface area contributed by atoms with Gasteiger partial charge in [-0.2, -0.15) is 0 Å². The Morgan fingerprint density at radius 2 is 2.67 bits per heavy atom. The summed E-state index contributed by atoms with van der Waals surface area (Å²) in [5, 5.41) is 6.05. The topological polar surface area (TPSA) is 58.6 Å². The summed E-state index contributed by atoms with van der Waals surface area (Å²) in [5.74, 6) is 5.10. The minimum atomic E-state index is 1.33. The second kappa shape index (κ2) is 0.965. The van der Waals surface area contributed by atoms with Gasteiger partial charge in [0.1, 0.15) is 0 Å². The first-order chi connectivity index (χ1) is 2.89. The fourth-order valence-electron chi connectivity index (χ4n) is 0.233. The summed E-state index contributed by atoms with van der Waals surface area (Å²) in [7, 11) is 0. The van der Waals surface area contributed by atoms with Crippen molar-refractivity contribution < 1.29 is 4.68 Å². The Hall–Kier alpha value is -1.06. The Bertz CT molecular complexity index is 109. The summed E-state index contributed by atoms with van der Waals surface area (Å²) in [5.41, 5.74) is 0. The maximum absolute atomic E-state index is 5.10. The van der Waals surface area contributed by atoms with Crippen molar-refractivity contribution in [1.29, 1.82) is 0 Å². The van der Waals surface area contributed by atoms with Crippen molar-refractivity contribution in [2.75, 3.05) is 5.84 Å². The van der Waals surface area contributed by atoms with E-state index in [9.17, 15) is 0 Å². The normalized spacial score (nSPS) is 8.67. The van der Waals surface area contributed by atoms with Gasteiger partial charge < -0.3 is 0 Å². The number of nitrogen functional groups attached to an aromatic ring is 1. The van der Waals surface area contributed by atoms with E-state index in [4.69, 9.17) is 5.84 Å². The number of aromatic amines is 1. The molecule has 0 atom stereocenters. The van der Waals surface area contributed by atoms with E-state index >= 15 is 0 Å². The lowest BCUT2D eigenvalue weighted by Gasteiger charge is -1.67. The quantitative estimate of drug-likeness (QED) is 0.295. The zero-order valence-corrected chi connectivity index (χ0v) is 3.13. The van der Waals surface area contributed by atoms with Gasteiger partial charge in [0.2, 0.25) is 6.33 Å². The van der Waals surface area contributed by atoms with E-state index in [0.29, 0.717) is 0 Å². The van der Waals surface area contributed by atoms with Crippen molar-refractivity contribution in [3.05, 3.63) is 12.7 Å². The van der Waals surface area contributed by atoms with Crippen molar-refractivity contribution >= 4 is 0 Å². The molecule has 0 amide bonds. The molecule has 4 nitrogen and oxygen atoms in total. The number of hydrogen-bond acceptors (Lipinski definition) is 2. The average molecular weight is 85.1 g/mol. The van der Waals surface area contributed by atoms with E-state index in [0.717, 1.165) is 0 Å². The number of nitrogens with one attached hydrogen (secondary N) is 1. The van der Waals surface area contributed by atoms with Gasteiger partial charge in [-0.05, 0) is 0 Å². The molecule has 0 fully saturated rings. The standard InChI is InChI=1S/C2H4N4/c3-6-1-4-5-2-6/h1-2H,3H2/p+1. The Morgan fingerprint density at radius 1 is 1.83 bits per heavy atom. The lowest BCUT2D eigenvalue weighted by Crippen LogP contribution is -2.41. The molecule has 0 aliphatic carbocycles. The van der Waals surface area contributed by atoms with Gasteiger partial charge in [-0.1, -0.05) is 0 Å². The molecular weight excluding hydrogens is 80.0 g/mol. The van der Waals surface area contributed by atoms with Crippen molar-refractivity contribution in [3.63, 3.8) is 0 Å². The molecule has 0 saturated heterocycles. The molecule has 0 aromatic carbocycles. The fourth-order valence-corrected chi connectivity index (χ4v) is 0.233. The van der Waals surface area contributed by atoms with E-state index in [1.165, 1.54) is 11.0 Å². The van der Waals surface area contributed by atoms with Crippen LogP contribution in [0.1, 0.15) is 0 Å². The monoisotopic (exact) mass is 85.1 g/mol. The van der Waals surface area contributed by atoms with Crippen molar-refractivity contribution in [2.24, 2.45) is 0 Å². The van der Waals surface area contributed by atoms with Gasteiger partial charge in [0.15, 0.2) is 0 Å². The van der Waals surface area contributed by atoms with E-state index in [-0.39, 0.29) is 0 Å². The van der Waals surface area contributed by atoms with Gasteiger partial charge in [0.05, 0.1) is 0 Å². The SMILES string of the molecule is N[n+]1cn[nH]c1. The van der Waals surface area contributed by atoms with E-state index < -0.39 is 0 Å².